The van der Waals surface area contributed by atoms with Gasteiger partial charge in [0.1, 0.15) is 5.75 Å². The van der Waals surface area contributed by atoms with Gasteiger partial charge in [-0.05, 0) is 48.4 Å². The van der Waals surface area contributed by atoms with E-state index in [2.05, 4.69) is 26.0 Å². The third-order valence-electron chi connectivity index (χ3n) is 3.46. The minimum Gasteiger partial charge on any atom is -0.495 e. The average Bonchev–Trinajstić information content (AvgIpc) is 2.53. The summed E-state index contributed by atoms with van der Waals surface area (Å²) in [5, 5.41) is 2.62. The monoisotopic (exact) mass is 426 g/mol. The van der Waals surface area contributed by atoms with Gasteiger partial charge in [-0.3, -0.25) is 9.52 Å². The van der Waals surface area contributed by atoms with Crippen LogP contribution in [0.1, 0.15) is 19.4 Å². The number of sulfonamides is 1. The maximum absolute atomic E-state index is 12.8. The number of benzene rings is 2. The molecule has 0 spiro atoms. The third-order valence-corrected chi connectivity index (χ3v) is 5.42. The van der Waals surface area contributed by atoms with Gasteiger partial charge >= 0.3 is 0 Å². The molecule has 6 nitrogen and oxygen atoms in total. The molecule has 0 saturated carbocycles. The Bertz CT molecular complexity index is 898. The molecule has 0 atom stereocenters. The molecule has 2 aromatic rings. The van der Waals surface area contributed by atoms with E-state index in [4.69, 9.17) is 4.74 Å². The summed E-state index contributed by atoms with van der Waals surface area (Å²) in [7, 11) is -2.37. The van der Waals surface area contributed by atoms with Crippen LogP contribution in [-0.4, -0.2) is 21.4 Å². The summed E-state index contributed by atoms with van der Waals surface area (Å²) in [6, 6.07) is 9.75. The van der Waals surface area contributed by atoms with Gasteiger partial charge in [-0.1, -0.05) is 22.9 Å². The van der Waals surface area contributed by atoms with Gasteiger partial charge in [0.05, 0.1) is 17.7 Å². The number of halogens is 1. The molecule has 0 saturated heterocycles. The molecule has 0 unspecified atom stereocenters. The number of rotatable bonds is 6. The first-order valence-corrected chi connectivity index (χ1v) is 9.81. The predicted octanol–water partition coefficient (Wildman–Crippen LogP) is 3.78. The highest BCUT2D eigenvalue weighted by Crippen LogP contribution is 2.31. The number of hydrogen-bond donors (Lipinski definition) is 2. The summed E-state index contributed by atoms with van der Waals surface area (Å²) < 4.78 is 34.2. The van der Waals surface area contributed by atoms with E-state index in [1.165, 1.54) is 20.1 Å². The molecule has 8 heteroatoms. The van der Waals surface area contributed by atoms with Gasteiger partial charge in [-0.25, -0.2) is 8.42 Å². The van der Waals surface area contributed by atoms with Crippen LogP contribution in [0.15, 0.2) is 45.8 Å². The van der Waals surface area contributed by atoms with Crippen LogP contribution in [0.3, 0.4) is 0 Å². The fourth-order valence-corrected chi connectivity index (χ4v) is 4.12. The van der Waals surface area contributed by atoms with Crippen molar-refractivity contribution in [2.45, 2.75) is 25.2 Å². The molecule has 0 aromatic heterocycles. The molecule has 0 aliphatic carbocycles. The first-order chi connectivity index (χ1) is 11.8. The fraction of sp³-hybridized carbons (Fsp3) is 0.235. The third kappa shape index (κ3) is 4.73. The Morgan fingerprint density at radius 3 is 2.52 bits per heavy atom. The Labute approximate surface area is 155 Å². The van der Waals surface area contributed by atoms with E-state index in [1.54, 1.807) is 30.3 Å². The van der Waals surface area contributed by atoms with Gasteiger partial charge in [0, 0.05) is 17.1 Å². The second-order valence-electron chi connectivity index (χ2n) is 5.31. The Hall–Kier alpha value is -2.06. The van der Waals surface area contributed by atoms with E-state index in [0.717, 1.165) is 4.47 Å². The number of amides is 1. The van der Waals surface area contributed by atoms with Crippen molar-refractivity contribution in [1.82, 2.24) is 0 Å². The molecule has 2 rings (SSSR count). The lowest BCUT2D eigenvalue weighted by Crippen LogP contribution is -2.16. The summed E-state index contributed by atoms with van der Waals surface area (Å²) in [5.41, 5.74) is 1.41. The summed E-state index contributed by atoms with van der Waals surface area (Å²) in [6.45, 7) is 3.27. The summed E-state index contributed by atoms with van der Waals surface area (Å²) >= 11 is 3.35. The summed E-state index contributed by atoms with van der Waals surface area (Å²) in [6.07, 6.45) is 0.568. The zero-order valence-corrected chi connectivity index (χ0v) is 16.5. The molecular formula is C17H19BrN2O4S. The van der Waals surface area contributed by atoms with E-state index in [-0.39, 0.29) is 16.5 Å². The lowest BCUT2D eigenvalue weighted by atomic mass is 10.2. The molecule has 0 aliphatic heterocycles. The molecule has 1 amide bonds. The number of aryl methyl sites for hydroxylation is 1. The van der Waals surface area contributed by atoms with Crippen LogP contribution in [0.4, 0.5) is 11.4 Å². The Morgan fingerprint density at radius 1 is 1.20 bits per heavy atom. The second-order valence-corrected chi connectivity index (χ2v) is 7.87. The minimum atomic E-state index is -3.81. The van der Waals surface area contributed by atoms with Crippen LogP contribution in [0.2, 0.25) is 0 Å². The average molecular weight is 427 g/mol. The van der Waals surface area contributed by atoms with Gasteiger partial charge in [0.15, 0.2) is 0 Å². The van der Waals surface area contributed by atoms with E-state index < -0.39 is 10.0 Å². The molecule has 0 fully saturated rings. The Balaban J connectivity index is 2.45. The van der Waals surface area contributed by atoms with Crippen molar-refractivity contribution in [3.63, 3.8) is 0 Å². The van der Waals surface area contributed by atoms with Crippen molar-refractivity contribution in [1.29, 1.82) is 0 Å². The number of ether oxygens (including phenoxy) is 1. The number of methoxy groups -OCH3 is 1. The van der Waals surface area contributed by atoms with E-state index in [9.17, 15) is 13.2 Å². The van der Waals surface area contributed by atoms with Crippen molar-refractivity contribution in [3.8, 4) is 5.75 Å². The lowest BCUT2D eigenvalue weighted by Gasteiger charge is -2.15. The summed E-state index contributed by atoms with van der Waals surface area (Å²) in [4.78, 5) is 11.4. The molecule has 0 aliphatic rings. The second kappa shape index (κ2) is 7.88. The number of anilines is 2. The van der Waals surface area contributed by atoms with Crippen LogP contribution in [0, 0.1) is 0 Å². The van der Waals surface area contributed by atoms with Gasteiger partial charge in [0.25, 0.3) is 10.0 Å². The predicted molar refractivity (Wildman–Crippen MR) is 102 cm³/mol. The Morgan fingerprint density at radius 2 is 1.92 bits per heavy atom. The number of nitrogens with one attached hydrogen (secondary N) is 2. The highest BCUT2D eigenvalue weighted by atomic mass is 79.9. The van der Waals surface area contributed by atoms with Crippen molar-refractivity contribution in [2.24, 2.45) is 0 Å². The van der Waals surface area contributed by atoms with Crippen LogP contribution < -0.4 is 14.8 Å². The first kappa shape index (κ1) is 19.3. The lowest BCUT2D eigenvalue weighted by molar-refractivity contribution is -0.114. The topological polar surface area (TPSA) is 84.5 Å². The fourth-order valence-electron chi connectivity index (χ4n) is 2.35. The van der Waals surface area contributed by atoms with Crippen molar-refractivity contribution in [3.05, 3.63) is 46.4 Å². The smallest absolute Gasteiger partial charge is 0.262 e. The van der Waals surface area contributed by atoms with Crippen molar-refractivity contribution in [2.75, 3.05) is 17.1 Å². The minimum absolute atomic E-state index is 0.199. The summed E-state index contributed by atoms with van der Waals surface area (Å²) in [5.74, 6) is 0.105. The maximum Gasteiger partial charge on any atom is 0.262 e. The van der Waals surface area contributed by atoms with Crippen LogP contribution in [0.5, 0.6) is 5.75 Å². The van der Waals surface area contributed by atoms with Crippen LogP contribution in [-0.2, 0) is 21.2 Å². The molecular weight excluding hydrogens is 408 g/mol. The highest BCUT2D eigenvalue weighted by Gasteiger charge is 2.20. The largest absolute Gasteiger partial charge is 0.495 e. The molecule has 2 N–H and O–H groups in total. The standard InChI is InChI=1S/C17H19BrN2O4S/c1-4-12-9-13(18)5-8-17(12)25(22,23)20-15-10-14(19-11(2)21)6-7-16(15)24-3/h5-10,20H,4H2,1-3H3,(H,19,21). The number of hydrogen-bond acceptors (Lipinski definition) is 4. The molecule has 134 valence electrons. The van der Waals surface area contributed by atoms with E-state index >= 15 is 0 Å². The van der Waals surface area contributed by atoms with E-state index in [1.807, 2.05) is 6.92 Å². The van der Waals surface area contributed by atoms with Crippen molar-refractivity contribution < 1.29 is 17.9 Å². The van der Waals surface area contributed by atoms with Crippen LogP contribution in [0.25, 0.3) is 0 Å². The number of carbonyl (C=O) groups excluding carboxylic acids is 1. The zero-order chi connectivity index (χ0) is 18.6. The molecule has 0 heterocycles. The van der Waals surface area contributed by atoms with Crippen LogP contribution >= 0.6 is 15.9 Å². The maximum atomic E-state index is 12.8. The number of carbonyl (C=O) groups is 1. The van der Waals surface area contributed by atoms with Gasteiger partial charge < -0.3 is 10.1 Å². The molecule has 25 heavy (non-hydrogen) atoms. The van der Waals surface area contributed by atoms with Gasteiger partial charge in [-0.2, -0.15) is 0 Å². The normalized spacial score (nSPS) is 11.0. The molecule has 2 aromatic carbocycles. The van der Waals surface area contributed by atoms with Gasteiger partial charge in [0.2, 0.25) is 5.91 Å². The molecule has 0 bridgehead atoms. The zero-order valence-electron chi connectivity index (χ0n) is 14.1. The van der Waals surface area contributed by atoms with Crippen molar-refractivity contribution >= 4 is 43.2 Å². The quantitative estimate of drug-likeness (QED) is 0.735. The van der Waals surface area contributed by atoms with E-state index in [0.29, 0.717) is 23.4 Å². The highest BCUT2D eigenvalue weighted by molar-refractivity contribution is 9.10. The Kier molecular flexibility index (Phi) is 6.07. The first-order valence-electron chi connectivity index (χ1n) is 7.53. The van der Waals surface area contributed by atoms with Gasteiger partial charge in [-0.15, -0.1) is 0 Å². The molecule has 0 radical (unpaired) electrons. The SMILES string of the molecule is CCc1cc(Br)ccc1S(=O)(=O)Nc1cc(NC(C)=O)ccc1OC.